The molecule has 0 bridgehead atoms. The quantitative estimate of drug-likeness (QED) is 0.858. The Morgan fingerprint density at radius 1 is 1.20 bits per heavy atom. The Morgan fingerprint density at radius 2 is 1.80 bits per heavy atom. The molecule has 1 radical (unpaired) electrons. The van der Waals surface area contributed by atoms with Crippen LogP contribution in [-0.4, -0.2) is 21.8 Å². The molecule has 0 fully saturated rings. The summed E-state index contributed by atoms with van der Waals surface area (Å²) in [4.78, 5) is 0.178. The zero-order valence-electron chi connectivity index (χ0n) is 10.8. The van der Waals surface area contributed by atoms with Crippen molar-refractivity contribution in [2.24, 2.45) is 0 Å². The van der Waals surface area contributed by atoms with Crippen LogP contribution in [0.3, 0.4) is 0 Å². The van der Waals surface area contributed by atoms with E-state index in [0.717, 1.165) is 6.26 Å². The predicted octanol–water partition coefficient (Wildman–Crippen LogP) is 3.87. The van der Waals surface area contributed by atoms with E-state index >= 15 is 0 Å². The second-order valence-corrected chi connectivity index (χ2v) is 6.95. The number of sulfone groups is 1. The summed E-state index contributed by atoms with van der Waals surface area (Å²) < 4.78 is 28.7. The first-order valence-corrected chi connectivity index (χ1v) is 8.23. The van der Waals surface area contributed by atoms with Gasteiger partial charge in [-0.15, -0.1) is 0 Å². The van der Waals surface area contributed by atoms with Crippen LogP contribution in [0.15, 0.2) is 35.2 Å². The van der Waals surface area contributed by atoms with Crippen molar-refractivity contribution in [1.29, 1.82) is 0 Å². The second-order valence-electron chi connectivity index (χ2n) is 4.15. The summed E-state index contributed by atoms with van der Waals surface area (Å²) in [5.41, 5.74) is 1.00. The van der Waals surface area contributed by atoms with E-state index in [0.29, 0.717) is 26.9 Å². The highest BCUT2D eigenvalue weighted by atomic mass is 35.5. The number of hydrogen-bond donors (Lipinski definition) is 0. The van der Waals surface area contributed by atoms with Gasteiger partial charge in [-0.25, -0.2) is 8.42 Å². The van der Waals surface area contributed by atoms with E-state index in [1.54, 1.807) is 24.3 Å². The lowest BCUT2D eigenvalue weighted by atomic mass is 10.1. The second kappa shape index (κ2) is 5.64. The van der Waals surface area contributed by atoms with E-state index in [9.17, 15) is 8.42 Å². The first kappa shape index (κ1) is 15.2. The van der Waals surface area contributed by atoms with Gasteiger partial charge in [0.15, 0.2) is 15.6 Å². The Morgan fingerprint density at radius 3 is 2.30 bits per heavy atom. The van der Waals surface area contributed by atoms with Crippen molar-refractivity contribution in [3.8, 4) is 16.9 Å². The highest BCUT2D eigenvalue weighted by molar-refractivity contribution is 7.90. The first-order chi connectivity index (χ1) is 9.34. The van der Waals surface area contributed by atoms with Crippen LogP contribution in [0.1, 0.15) is 0 Å². The molecule has 0 aliphatic carbocycles. The maximum Gasteiger partial charge on any atom is 0.176 e. The highest BCUT2D eigenvalue weighted by Gasteiger charge is 2.17. The number of ether oxygens (including phenoxy) is 1. The van der Waals surface area contributed by atoms with Crippen LogP contribution >= 0.6 is 23.2 Å². The molecule has 2 aromatic carbocycles. The van der Waals surface area contributed by atoms with Gasteiger partial charge in [0.05, 0.1) is 22.1 Å². The minimum absolute atomic E-state index is 0.178. The number of rotatable bonds is 3. The van der Waals surface area contributed by atoms with E-state index < -0.39 is 9.84 Å². The molecule has 0 saturated carbocycles. The third kappa shape index (κ3) is 2.92. The lowest BCUT2D eigenvalue weighted by Crippen LogP contribution is -2.00. The number of benzene rings is 2. The lowest BCUT2D eigenvalue weighted by Gasteiger charge is -2.11. The molecule has 20 heavy (non-hydrogen) atoms. The Bertz CT molecular complexity index is 732. The van der Waals surface area contributed by atoms with E-state index in [-0.39, 0.29) is 4.90 Å². The van der Waals surface area contributed by atoms with Gasteiger partial charge in [-0.1, -0.05) is 35.3 Å². The lowest BCUT2D eigenvalue weighted by molar-refractivity contribution is 0.415. The standard InChI is InChI=1S/C14H11Cl2O3S/c1-19-14-11(15)7-9(8-12(14)16)10-5-3-4-6-13(10)20(2,17)18/h3-4,6-8H,1-2H3. The predicted molar refractivity (Wildman–Crippen MR) is 80.4 cm³/mol. The fraction of sp³-hybridized carbons (Fsp3) is 0.143. The van der Waals surface area contributed by atoms with Gasteiger partial charge in [-0.2, -0.15) is 0 Å². The molecule has 0 N–H and O–H groups in total. The summed E-state index contributed by atoms with van der Waals surface area (Å²) in [6, 6.07) is 10.9. The molecule has 2 aromatic rings. The van der Waals surface area contributed by atoms with Gasteiger partial charge in [0.2, 0.25) is 0 Å². The van der Waals surface area contributed by atoms with Gasteiger partial charge < -0.3 is 4.74 Å². The molecule has 0 spiro atoms. The molecule has 0 unspecified atom stereocenters. The number of halogens is 2. The van der Waals surface area contributed by atoms with Crippen LogP contribution < -0.4 is 4.74 Å². The number of methoxy groups -OCH3 is 1. The fourth-order valence-corrected chi connectivity index (χ4v) is 3.37. The van der Waals surface area contributed by atoms with E-state index in [1.165, 1.54) is 13.2 Å². The largest absolute Gasteiger partial charge is 0.494 e. The van der Waals surface area contributed by atoms with Gasteiger partial charge >= 0.3 is 0 Å². The van der Waals surface area contributed by atoms with Crippen molar-refractivity contribution >= 4 is 33.0 Å². The van der Waals surface area contributed by atoms with Gasteiger partial charge in [0, 0.05) is 11.8 Å². The first-order valence-electron chi connectivity index (χ1n) is 5.58. The van der Waals surface area contributed by atoms with Crippen molar-refractivity contribution in [1.82, 2.24) is 0 Å². The SMILES string of the molecule is COc1c(Cl)cc(-c2[c]cccc2S(C)(=O)=O)cc1Cl. The summed E-state index contributed by atoms with van der Waals surface area (Å²) in [5, 5.41) is 0.624. The molecule has 0 saturated heterocycles. The van der Waals surface area contributed by atoms with Crippen molar-refractivity contribution in [2.75, 3.05) is 13.4 Å². The maximum atomic E-state index is 11.8. The van der Waals surface area contributed by atoms with Gasteiger partial charge in [0.1, 0.15) is 0 Å². The summed E-state index contributed by atoms with van der Waals surface area (Å²) in [6.07, 6.45) is 1.15. The van der Waals surface area contributed by atoms with Crippen molar-refractivity contribution in [2.45, 2.75) is 4.90 Å². The molecule has 0 amide bonds. The molecule has 105 valence electrons. The molecular weight excluding hydrogens is 319 g/mol. The number of hydrogen-bond acceptors (Lipinski definition) is 3. The van der Waals surface area contributed by atoms with Crippen LogP contribution in [0.2, 0.25) is 10.0 Å². The van der Waals surface area contributed by atoms with E-state index in [4.69, 9.17) is 27.9 Å². The van der Waals surface area contributed by atoms with Gasteiger partial charge in [-0.3, -0.25) is 0 Å². The monoisotopic (exact) mass is 329 g/mol. The highest BCUT2D eigenvalue weighted by Crippen LogP contribution is 2.38. The normalized spacial score (nSPS) is 11.4. The van der Waals surface area contributed by atoms with Crippen molar-refractivity contribution in [3.05, 3.63) is 46.4 Å². The van der Waals surface area contributed by atoms with Gasteiger partial charge in [-0.05, 0) is 29.8 Å². The molecule has 2 rings (SSSR count). The molecule has 0 heterocycles. The molecule has 3 nitrogen and oxygen atoms in total. The Labute approximate surface area is 128 Å². The average Bonchev–Trinajstić information content (AvgIpc) is 2.37. The zero-order valence-corrected chi connectivity index (χ0v) is 13.1. The van der Waals surface area contributed by atoms with Crippen LogP contribution in [0.25, 0.3) is 11.1 Å². The topological polar surface area (TPSA) is 43.4 Å². The fourth-order valence-electron chi connectivity index (χ4n) is 1.86. The molecule has 0 aliphatic rings. The van der Waals surface area contributed by atoms with Gasteiger partial charge in [0.25, 0.3) is 0 Å². The minimum Gasteiger partial charge on any atom is -0.494 e. The molecule has 0 atom stereocenters. The smallest absolute Gasteiger partial charge is 0.176 e. The summed E-state index contributed by atoms with van der Waals surface area (Å²) >= 11 is 12.2. The molecular formula is C14H11Cl2O3S. The average molecular weight is 330 g/mol. The van der Waals surface area contributed by atoms with Crippen LogP contribution in [0.4, 0.5) is 0 Å². The molecule has 0 aliphatic heterocycles. The van der Waals surface area contributed by atoms with E-state index in [1.807, 2.05) is 0 Å². The zero-order chi connectivity index (χ0) is 14.9. The van der Waals surface area contributed by atoms with E-state index in [2.05, 4.69) is 6.07 Å². The molecule has 6 heteroatoms. The Kier molecular flexibility index (Phi) is 4.28. The summed E-state index contributed by atoms with van der Waals surface area (Å²) in [7, 11) is -1.91. The Hall–Kier alpha value is -1.23. The minimum atomic E-state index is -3.37. The summed E-state index contributed by atoms with van der Waals surface area (Å²) in [5.74, 6) is 0.355. The third-order valence-electron chi connectivity index (χ3n) is 2.71. The summed E-state index contributed by atoms with van der Waals surface area (Å²) in [6.45, 7) is 0. The Balaban J connectivity index is 2.71. The van der Waals surface area contributed by atoms with Crippen LogP contribution in [0.5, 0.6) is 5.75 Å². The van der Waals surface area contributed by atoms with Crippen molar-refractivity contribution in [3.63, 3.8) is 0 Å². The van der Waals surface area contributed by atoms with Crippen LogP contribution in [0, 0.1) is 6.07 Å². The van der Waals surface area contributed by atoms with Crippen LogP contribution in [-0.2, 0) is 9.84 Å². The maximum absolute atomic E-state index is 11.8. The third-order valence-corrected chi connectivity index (χ3v) is 4.41. The molecule has 0 aromatic heterocycles. The van der Waals surface area contributed by atoms with Crippen molar-refractivity contribution < 1.29 is 13.2 Å².